The number of aromatic amines is 1. The number of rotatable bonds is 6. The number of nitrogens with two attached hydrogens (primary N) is 1. The van der Waals surface area contributed by atoms with Gasteiger partial charge in [-0.2, -0.15) is 5.10 Å². The smallest absolute Gasteiger partial charge is 0.153 e. The van der Waals surface area contributed by atoms with Crippen molar-refractivity contribution in [2.75, 3.05) is 5.73 Å². The van der Waals surface area contributed by atoms with Crippen LogP contribution < -0.4 is 10.5 Å². The maximum Gasteiger partial charge on any atom is 0.153 e. The largest absolute Gasteiger partial charge is 0.489 e. The van der Waals surface area contributed by atoms with Crippen molar-refractivity contribution in [3.8, 4) is 28.0 Å². The molecule has 0 radical (unpaired) electrons. The fourth-order valence-corrected chi connectivity index (χ4v) is 3.95. The Morgan fingerprint density at radius 2 is 1.44 bits per heavy atom. The molecule has 1 heterocycles. The minimum atomic E-state index is 0.516. The highest BCUT2D eigenvalue weighted by atomic mass is 16.5. The van der Waals surface area contributed by atoms with Crippen molar-refractivity contribution in [1.82, 2.24) is 10.2 Å². The van der Waals surface area contributed by atoms with Gasteiger partial charge >= 0.3 is 0 Å². The number of nitrogens with one attached hydrogen (secondary N) is 1. The van der Waals surface area contributed by atoms with Gasteiger partial charge in [0, 0.05) is 5.39 Å². The molecule has 0 fully saturated rings. The summed E-state index contributed by atoms with van der Waals surface area (Å²) in [4.78, 5) is 0. The maximum atomic E-state index is 6.10. The summed E-state index contributed by atoms with van der Waals surface area (Å²) >= 11 is 0. The standard InChI is InChI=1S/C28H25N3O/c1-2-19-8-10-21(11-9-19)24-16-26-27(30-31-28(26)29)17-25(24)22-12-14-23(15-13-22)32-18-20-6-4-3-5-7-20/h3-17H,2,18H2,1H3,(H3,29,30,31). The van der Waals surface area contributed by atoms with E-state index in [-0.39, 0.29) is 0 Å². The maximum absolute atomic E-state index is 6.10. The Hall–Kier alpha value is -4.05. The van der Waals surface area contributed by atoms with E-state index in [0.29, 0.717) is 12.4 Å². The topological polar surface area (TPSA) is 63.9 Å². The average molecular weight is 420 g/mol. The van der Waals surface area contributed by atoms with E-state index in [0.717, 1.165) is 50.9 Å². The molecular weight excluding hydrogens is 394 g/mol. The molecule has 1 aromatic heterocycles. The van der Waals surface area contributed by atoms with Gasteiger partial charge in [-0.15, -0.1) is 0 Å². The molecule has 0 aliphatic carbocycles. The lowest BCUT2D eigenvalue weighted by Crippen LogP contribution is -1.95. The molecule has 0 bridgehead atoms. The van der Waals surface area contributed by atoms with Crippen molar-refractivity contribution in [1.29, 1.82) is 0 Å². The van der Waals surface area contributed by atoms with Gasteiger partial charge in [-0.05, 0) is 64.1 Å². The first kappa shape index (κ1) is 19.9. The number of anilines is 1. The van der Waals surface area contributed by atoms with E-state index in [9.17, 15) is 0 Å². The minimum absolute atomic E-state index is 0.516. The number of hydrogen-bond acceptors (Lipinski definition) is 3. The Kier molecular flexibility index (Phi) is 5.34. The monoisotopic (exact) mass is 419 g/mol. The molecule has 0 spiro atoms. The molecule has 5 rings (SSSR count). The van der Waals surface area contributed by atoms with Crippen molar-refractivity contribution in [3.05, 3.63) is 102 Å². The number of ether oxygens (including phenoxy) is 1. The second kappa shape index (κ2) is 8.60. The highest BCUT2D eigenvalue weighted by Gasteiger charge is 2.13. The summed E-state index contributed by atoms with van der Waals surface area (Å²) in [6, 6.07) is 31.4. The highest BCUT2D eigenvalue weighted by molar-refractivity contribution is 5.99. The normalized spacial score (nSPS) is 11.0. The molecule has 0 saturated heterocycles. The van der Waals surface area contributed by atoms with Gasteiger partial charge < -0.3 is 10.5 Å². The van der Waals surface area contributed by atoms with Gasteiger partial charge in [0.15, 0.2) is 5.82 Å². The van der Waals surface area contributed by atoms with Gasteiger partial charge in [0.2, 0.25) is 0 Å². The first-order chi connectivity index (χ1) is 15.7. The van der Waals surface area contributed by atoms with Crippen LogP contribution in [0, 0.1) is 0 Å². The van der Waals surface area contributed by atoms with Crippen LogP contribution in [0.4, 0.5) is 5.82 Å². The van der Waals surface area contributed by atoms with Crippen LogP contribution in [0.1, 0.15) is 18.1 Å². The summed E-state index contributed by atoms with van der Waals surface area (Å²) in [6.07, 6.45) is 1.02. The number of benzene rings is 4. The fourth-order valence-electron chi connectivity index (χ4n) is 3.95. The van der Waals surface area contributed by atoms with Gasteiger partial charge in [0.1, 0.15) is 12.4 Å². The van der Waals surface area contributed by atoms with E-state index in [1.54, 1.807) is 0 Å². The molecule has 32 heavy (non-hydrogen) atoms. The number of H-pyrrole nitrogens is 1. The van der Waals surface area contributed by atoms with E-state index in [1.165, 1.54) is 5.56 Å². The van der Waals surface area contributed by atoms with Gasteiger partial charge in [-0.3, -0.25) is 5.10 Å². The molecule has 0 atom stereocenters. The van der Waals surface area contributed by atoms with Crippen LogP contribution in [0.2, 0.25) is 0 Å². The summed E-state index contributed by atoms with van der Waals surface area (Å²) in [5, 5.41) is 8.17. The van der Waals surface area contributed by atoms with Crippen LogP contribution in [-0.4, -0.2) is 10.2 Å². The van der Waals surface area contributed by atoms with Crippen molar-refractivity contribution >= 4 is 16.7 Å². The van der Waals surface area contributed by atoms with Crippen LogP contribution in [0.25, 0.3) is 33.2 Å². The molecule has 0 amide bonds. The number of aryl methyl sites for hydroxylation is 1. The van der Waals surface area contributed by atoms with E-state index in [1.807, 2.05) is 30.3 Å². The molecule has 158 valence electrons. The summed E-state index contributed by atoms with van der Waals surface area (Å²) in [5.41, 5.74) is 14.0. The molecule has 5 aromatic rings. The minimum Gasteiger partial charge on any atom is -0.489 e. The van der Waals surface area contributed by atoms with Crippen molar-refractivity contribution < 1.29 is 4.74 Å². The Balaban J connectivity index is 1.50. The summed E-state index contributed by atoms with van der Waals surface area (Å²) in [7, 11) is 0. The highest BCUT2D eigenvalue weighted by Crippen LogP contribution is 2.37. The number of nitrogens with zero attached hydrogens (tertiary/aromatic N) is 1. The predicted molar refractivity (Wildman–Crippen MR) is 132 cm³/mol. The fraction of sp³-hybridized carbons (Fsp3) is 0.107. The van der Waals surface area contributed by atoms with E-state index in [2.05, 4.69) is 77.8 Å². The number of fused-ring (bicyclic) bond motifs is 1. The lowest BCUT2D eigenvalue weighted by Gasteiger charge is -2.13. The zero-order valence-corrected chi connectivity index (χ0v) is 18.0. The van der Waals surface area contributed by atoms with Crippen molar-refractivity contribution in [2.24, 2.45) is 0 Å². The molecule has 0 unspecified atom stereocenters. The molecule has 4 nitrogen and oxygen atoms in total. The Bertz CT molecular complexity index is 1340. The van der Waals surface area contributed by atoms with Crippen LogP contribution >= 0.6 is 0 Å². The molecule has 0 aliphatic heterocycles. The van der Waals surface area contributed by atoms with E-state index in [4.69, 9.17) is 10.5 Å². The first-order valence-electron chi connectivity index (χ1n) is 10.9. The quantitative estimate of drug-likeness (QED) is 0.325. The summed E-state index contributed by atoms with van der Waals surface area (Å²) in [5.74, 6) is 1.36. The van der Waals surface area contributed by atoms with Gasteiger partial charge in [0.25, 0.3) is 0 Å². The molecule has 0 aliphatic rings. The zero-order valence-electron chi connectivity index (χ0n) is 18.0. The third-order valence-corrected chi connectivity index (χ3v) is 5.82. The number of hydrogen-bond donors (Lipinski definition) is 2. The molecule has 3 N–H and O–H groups in total. The van der Waals surface area contributed by atoms with Gasteiger partial charge in [0.05, 0.1) is 5.52 Å². The Morgan fingerprint density at radius 3 is 2.12 bits per heavy atom. The molecular formula is C28H25N3O. The number of aromatic nitrogens is 2. The Morgan fingerprint density at radius 1 is 0.781 bits per heavy atom. The van der Waals surface area contributed by atoms with E-state index < -0.39 is 0 Å². The number of nitrogen functional groups attached to an aromatic ring is 1. The third-order valence-electron chi connectivity index (χ3n) is 5.82. The zero-order chi connectivity index (χ0) is 21.9. The summed E-state index contributed by atoms with van der Waals surface area (Å²) < 4.78 is 5.96. The lowest BCUT2D eigenvalue weighted by atomic mass is 9.92. The third kappa shape index (κ3) is 3.95. The second-order valence-corrected chi connectivity index (χ2v) is 7.90. The van der Waals surface area contributed by atoms with Crippen LogP contribution in [0.5, 0.6) is 5.75 Å². The van der Waals surface area contributed by atoms with Crippen LogP contribution in [-0.2, 0) is 13.0 Å². The van der Waals surface area contributed by atoms with Crippen LogP contribution in [0.3, 0.4) is 0 Å². The molecule has 4 aromatic carbocycles. The predicted octanol–water partition coefficient (Wildman–Crippen LogP) is 6.62. The Labute approximate surface area is 187 Å². The van der Waals surface area contributed by atoms with Gasteiger partial charge in [-0.1, -0.05) is 73.7 Å². The SMILES string of the molecule is CCc1ccc(-c2cc3c(N)n[nH]c3cc2-c2ccc(OCc3ccccc3)cc2)cc1. The summed E-state index contributed by atoms with van der Waals surface area (Å²) in [6.45, 7) is 2.72. The van der Waals surface area contributed by atoms with Crippen molar-refractivity contribution in [2.45, 2.75) is 20.0 Å². The second-order valence-electron chi connectivity index (χ2n) is 7.90. The van der Waals surface area contributed by atoms with E-state index >= 15 is 0 Å². The molecule has 0 saturated carbocycles. The van der Waals surface area contributed by atoms with Gasteiger partial charge in [-0.25, -0.2) is 0 Å². The average Bonchev–Trinajstić information content (AvgIpc) is 3.22. The molecule has 4 heteroatoms. The first-order valence-corrected chi connectivity index (χ1v) is 10.9. The van der Waals surface area contributed by atoms with Crippen molar-refractivity contribution in [3.63, 3.8) is 0 Å². The lowest BCUT2D eigenvalue weighted by molar-refractivity contribution is 0.306. The van der Waals surface area contributed by atoms with Crippen LogP contribution in [0.15, 0.2) is 91.0 Å².